The lowest BCUT2D eigenvalue weighted by atomic mass is 10.3. The summed E-state index contributed by atoms with van der Waals surface area (Å²) in [7, 11) is -1.78. The minimum atomic E-state index is -3.46. The Balaban J connectivity index is 3.02. The van der Waals surface area contributed by atoms with Crippen molar-refractivity contribution in [2.45, 2.75) is 33.6 Å². The highest BCUT2D eigenvalue weighted by atomic mass is 32.2. The van der Waals surface area contributed by atoms with E-state index >= 15 is 0 Å². The van der Waals surface area contributed by atoms with E-state index in [1.165, 1.54) is 6.92 Å². The largest absolute Gasteiger partial charge is 0.351 e. The van der Waals surface area contributed by atoms with Crippen LogP contribution in [-0.4, -0.2) is 36.2 Å². The van der Waals surface area contributed by atoms with E-state index in [2.05, 4.69) is 15.0 Å². The van der Waals surface area contributed by atoms with E-state index < -0.39 is 10.0 Å². The third kappa shape index (κ3) is 3.96. The van der Waals surface area contributed by atoms with Gasteiger partial charge in [0.25, 0.3) is 5.91 Å². The number of nitrogens with zero attached hydrogens (tertiary/aromatic N) is 2. The minimum Gasteiger partial charge on any atom is -0.351 e. The number of sulfonamides is 1. The van der Waals surface area contributed by atoms with E-state index in [-0.39, 0.29) is 23.2 Å². The molecule has 0 radical (unpaired) electrons. The third-order valence-corrected chi connectivity index (χ3v) is 4.25. The zero-order valence-corrected chi connectivity index (χ0v) is 13.2. The molecule has 1 rings (SSSR count). The monoisotopic (exact) mass is 302 g/mol. The van der Waals surface area contributed by atoms with Gasteiger partial charge in [0.05, 0.1) is 5.75 Å². The average molecular weight is 302 g/mol. The molecular weight excluding hydrogens is 280 g/mol. The summed E-state index contributed by atoms with van der Waals surface area (Å²) in [6.45, 7) is 5.83. The lowest BCUT2D eigenvalue weighted by Gasteiger charge is -2.09. The van der Waals surface area contributed by atoms with Crippen LogP contribution in [0.2, 0.25) is 0 Å². The molecule has 0 atom stereocenters. The number of amides is 1. The van der Waals surface area contributed by atoms with E-state index in [4.69, 9.17) is 0 Å². The number of imidazole rings is 1. The summed E-state index contributed by atoms with van der Waals surface area (Å²) in [6.07, 6.45) is 1.85. The zero-order valence-electron chi connectivity index (χ0n) is 12.4. The number of unbranched alkanes of at least 4 members (excludes halogenated alkanes) is 1. The van der Waals surface area contributed by atoms with Crippen molar-refractivity contribution < 1.29 is 13.2 Å². The van der Waals surface area contributed by atoms with Gasteiger partial charge in [-0.05, 0) is 20.3 Å². The van der Waals surface area contributed by atoms with E-state index in [1.54, 1.807) is 18.5 Å². The van der Waals surface area contributed by atoms with Crippen molar-refractivity contribution in [3.8, 4) is 0 Å². The molecule has 2 N–H and O–H groups in total. The Morgan fingerprint density at radius 2 is 2.00 bits per heavy atom. The molecule has 0 unspecified atom stereocenters. The first-order valence-corrected chi connectivity index (χ1v) is 8.29. The molecule has 0 bridgehead atoms. The van der Waals surface area contributed by atoms with Crippen molar-refractivity contribution in [1.29, 1.82) is 0 Å². The van der Waals surface area contributed by atoms with Gasteiger partial charge in [-0.3, -0.25) is 9.52 Å². The summed E-state index contributed by atoms with van der Waals surface area (Å²) in [5, 5.41) is 2.76. The number of hydrogen-bond acceptors (Lipinski definition) is 4. The molecule has 1 aromatic rings. The van der Waals surface area contributed by atoms with Crippen molar-refractivity contribution in [3.63, 3.8) is 0 Å². The van der Waals surface area contributed by atoms with Crippen LogP contribution in [-0.2, 0) is 17.1 Å². The van der Waals surface area contributed by atoms with Gasteiger partial charge in [0.2, 0.25) is 10.0 Å². The SMILES string of the molecule is CCCCNC(=O)c1c(NS(=O)(=O)CC)nc(C)n1C. The summed E-state index contributed by atoms with van der Waals surface area (Å²) < 4.78 is 27.2. The van der Waals surface area contributed by atoms with Gasteiger partial charge in [-0.2, -0.15) is 0 Å². The molecule has 0 aliphatic rings. The van der Waals surface area contributed by atoms with Gasteiger partial charge in [0.1, 0.15) is 5.82 Å². The first-order valence-electron chi connectivity index (χ1n) is 6.64. The van der Waals surface area contributed by atoms with Crippen molar-refractivity contribution in [2.24, 2.45) is 7.05 Å². The molecule has 0 saturated carbocycles. The van der Waals surface area contributed by atoms with Crippen LogP contribution in [0, 0.1) is 6.92 Å². The number of rotatable bonds is 7. The first kappa shape index (κ1) is 16.5. The molecule has 7 nitrogen and oxygen atoms in total. The Morgan fingerprint density at radius 1 is 1.35 bits per heavy atom. The quantitative estimate of drug-likeness (QED) is 0.735. The molecule has 1 aromatic heterocycles. The van der Waals surface area contributed by atoms with E-state index in [0.717, 1.165) is 12.8 Å². The van der Waals surface area contributed by atoms with Crippen molar-refractivity contribution in [1.82, 2.24) is 14.9 Å². The fourth-order valence-corrected chi connectivity index (χ4v) is 2.20. The fourth-order valence-electron chi connectivity index (χ4n) is 1.62. The summed E-state index contributed by atoms with van der Waals surface area (Å²) in [5.41, 5.74) is 0.232. The summed E-state index contributed by atoms with van der Waals surface area (Å²) >= 11 is 0. The van der Waals surface area contributed by atoms with Gasteiger partial charge < -0.3 is 9.88 Å². The second-order valence-corrected chi connectivity index (χ2v) is 6.54. The van der Waals surface area contributed by atoms with Gasteiger partial charge >= 0.3 is 0 Å². The zero-order chi connectivity index (χ0) is 15.3. The Morgan fingerprint density at radius 3 is 2.55 bits per heavy atom. The van der Waals surface area contributed by atoms with Gasteiger partial charge in [0.15, 0.2) is 11.5 Å². The third-order valence-electron chi connectivity index (χ3n) is 2.98. The van der Waals surface area contributed by atoms with Gasteiger partial charge in [0, 0.05) is 13.6 Å². The molecule has 0 spiro atoms. The molecule has 0 aliphatic carbocycles. The molecular formula is C12H22N4O3S. The van der Waals surface area contributed by atoms with Gasteiger partial charge in [-0.25, -0.2) is 13.4 Å². The second-order valence-electron chi connectivity index (χ2n) is 4.53. The van der Waals surface area contributed by atoms with Gasteiger partial charge in [-0.1, -0.05) is 13.3 Å². The Bertz CT molecular complexity index is 578. The fraction of sp³-hybridized carbons (Fsp3) is 0.667. The molecule has 1 amide bonds. The lowest BCUT2D eigenvalue weighted by molar-refractivity contribution is 0.0946. The summed E-state index contributed by atoms with van der Waals surface area (Å²) in [6, 6.07) is 0. The van der Waals surface area contributed by atoms with Crippen LogP contribution in [0.1, 0.15) is 43.0 Å². The maximum absolute atomic E-state index is 12.1. The normalized spacial score (nSPS) is 11.4. The number of nitrogens with one attached hydrogen (secondary N) is 2. The standard InChI is InChI=1S/C12H22N4O3S/c1-5-7-8-13-12(17)10-11(14-9(3)16(10)4)15-20(18,19)6-2/h15H,5-8H2,1-4H3,(H,13,17). The molecule has 0 fully saturated rings. The van der Waals surface area contributed by atoms with Crippen molar-refractivity contribution in [2.75, 3.05) is 17.0 Å². The Hall–Kier alpha value is -1.57. The molecule has 0 aliphatic heterocycles. The van der Waals surface area contributed by atoms with Crippen molar-refractivity contribution >= 4 is 21.7 Å². The minimum absolute atomic E-state index is 0.0699. The Labute approximate surface area is 119 Å². The molecule has 8 heteroatoms. The van der Waals surface area contributed by atoms with Crippen LogP contribution in [0.4, 0.5) is 5.82 Å². The number of carbonyl (C=O) groups excluding carboxylic acids is 1. The second kappa shape index (κ2) is 6.74. The number of aromatic nitrogens is 2. The van der Waals surface area contributed by atoms with Crippen LogP contribution in [0.5, 0.6) is 0 Å². The average Bonchev–Trinajstić information content (AvgIpc) is 2.64. The summed E-state index contributed by atoms with van der Waals surface area (Å²) in [5.74, 6) is 0.259. The highest BCUT2D eigenvalue weighted by Gasteiger charge is 2.22. The van der Waals surface area contributed by atoms with Crippen LogP contribution < -0.4 is 10.0 Å². The predicted octanol–water partition coefficient (Wildman–Crippen LogP) is 1.02. The van der Waals surface area contributed by atoms with E-state index in [9.17, 15) is 13.2 Å². The van der Waals surface area contributed by atoms with Crippen LogP contribution in [0.25, 0.3) is 0 Å². The number of carbonyl (C=O) groups is 1. The van der Waals surface area contributed by atoms with Crippen LogP contribution in [0.3, 0.4) is 0 Å². The maximum Gasteiger partial charge on any atom is 0.271 e. The Kier molecular flexibility index (Phi) is 5.55. The molecule has 20 heavy (non-hydrogen) atoms. The van der Waals surface area contributed by atoms with Crippen molar-refractivity contribution in [3.05, 3.63) is 11.5 Å². The molecule has 0 aromatic carbocycles. The topological polar surface area (TPSA) is 93.1 Å². The number of aryl methyl sites for hydroxylation is 1. The van der Waals surface area contributed by atoms with Crippen LogP contribution in [0.15, 0.2) is 0 Å². The lowest BCUT2D eigenvalue weighted by Crippen LogP contribution is -2.28. The molecule has 114 valence electrons. The molecule has 1 heterocycles. The maximum atomic E-state index is 12.1. The number of hydrogen-bond donors (Lipinski definition) is 2. The molecule has 0 saturated heterocycles. The predicted molar refractivity (Wildman–Crippen MR) is 78.3 cm³/mol. The van der Waals surface area contributed by atoms with Crippen LogP contribution >= 0.6 is 0 Å². The van der Waals surface area contributed by atoms with E-state index in [1.807, 2.05) is 6.92 Å². The smallest absolute Gasteiger partial charge is 0.271 e. The first-order chi connectivity index (χ1) is 9.32. The highest BCUT2D eigenvalue weighted by Crippen LogP contribution is 2.17. The van der Waals surface area contributed by atoms with Gasteiger partial charge in [-0.15, -0.1) is 0 Å². The number of anilines is 1. The van der Waals surface area contributed by atoms with E-state index in [0.29, 0.717) is 12.4 Å². The summed E-state index contributed by atoms with van der Waals surface area (Å²) in [4.78, 5) is 16.2. The highest BCUT2D eigenvalue weighted by molar-refractivity contribution is 7.92.